The van der Waals surface area contributed by atoms with Gasteiger partial charge in [-0.15, -0.1) is 0 Å². The van der Waals surface area contributed by atoms with Crippen LogP contribution in [0.4, 0.5) is 0 Å². The van der Waals surface area contributed by atoms with Gasteiger partial charge >= 0.3 is 0 Å². The topological polar surface area (TPSA) is 104 Å². The molecular weight excluding hydrogens is 410 g/mol. The molecule has 156 valence electrons. The highest BCUT2D eigenvalue weighted by Gasteiger charge is 2.42. The maximum atomic E-state index is 13.5. The molecule has 0 amide bonds. The van der Waals surface area contributed by atoms with Crippen molar-refractivity contribution in [2.24, 2.45) is 11.8 Å². The Labute approximate surface area is 179 Å². The van der Waals surface area contributed by atoms with Crippen LogP contribution in [0.5, 0.6) is 0 Å². The van der Waals surface area contributed by atoms with Gasteiger partial charge in [-0.05, 0) is 49.3 Å². The van der Waals surface area contributed by atoms with Crippen LogP contribution in [0.2, 0.25) is 0 Å². The van der Waals surface area contributed by atoms with Gasteiger partial charge in [0, 0.05) is 17.6 Å². The lowest BCUT2D eigenvalue weighted by atomic mass is 9.94. The van der Waals surface area contributed by atoms with Crippen LogP contribution in [0.3, 0.4) is 0 Å². The van der Waals surface area contributed by atoms with Gasteiger partial charge in [0.25, 0.3) is 0 Å². The minimum Gasteiger partial charge on any atom is -0.346 e. The van der Waals surface area contributed by atoms with E-state index in [0.717, 1.165) is 17.3 Å². The van der Waals surface area contributed by atoms with E-state index in [2.05, 4.69) is 20.6 Å². The van der Waals surface area contributed by atoms with E-state index >= 15 is 0 Å². The van der Waals surface area contributed by atoms with E-state index < -0.39 is 9.84 Å². The number of imidazole rings is 1. The van der Waals surface area contributed by atoms with Crippen LogP contribution >= 0.6 is 0 Å². The van der Waals surface area contributed by atoms with Crippen molar-refractivity contribution < 1.29 is 8.42 Å². The van der Waals surface area contributed by atoms with Gasteiger partial charge in [-0.25, -0.2) is 18.4 Å². The average molecular weight is 432 g/mol. The SMILES string of the molecule is N#CCc1nc2c(S(=O)(=O)c3ccccc3)nc3[nH]ccc3c2n1C1CC2CCC1C2. The molecule has 8 heteroatoms. The van der Waals surface area contributed by atoms with Gasteiger partial charge in [0.15, 0.2) is 5.03 Å². The number of H-pyrrole nitrogens is 1. The Morgan fingerprint density at radius 1 is 1.13 bits per heavy atom. The number of aromatic nitrogens is 4. The molecule has 3 unspecified atom stereocenters. The predicted octanol–water partition coefficient (Wildman–Crippen LogP) is 4.17. The highest BCUT2D eigenvalue weighted by molar-refractivity contribution is 7.91. The Morgan fingerprint density at radius 3 is 2.68 bits per heavy atom. The number of hydrogen-bond donors (Lipinski definition) is 1. The monoisotopic (exact) mass is 431 g/mol. The highest BCUT2D eigenvalue weighted by atomic mass is 32.2. The number of sulfone groups is 1. The first-order valence-corrected chi connectivity index (χ1v) is 12.1. The van der Waals surface area contributed by atoms with Gasteiger partial charge in [-0.1, -0.05) is 24.6 Å². The zero-order valence-corrected chi connectivity index (χ0v) is 17.6. The molecule has 3 atom stereocenters. The highest BCUT2D eigenvalue weighted by Crippen LogP contribution is 2.52. The second-order valence-corrected chi connectivity index (χ2v) is 10.5. The number of benzene rings is 1. The minimum atomic E-state index is -3.88. The third-order valence-corrected chi connectivity index (χ3v) is 8.64. The molecule has 2 fully saturated rings. The van der Waals surface area contributed by atoms with E-state index in [-0.39, 0.29) is 22.4 Å². The number of pyridine rings is 1. The van der Waals surface area contributed by atoms with Crippen molar-refractivity contribution in [2.45, 2.75) is 48.1 Å². The quantitative estimate of drug-likeness (QED) is 0.522. The van der Waals surface area contributed by atoms with Crippen LogP contribution in [-0.4, -0.2) is 27.9 Å². The molecule has 1 N–H and O–H groups in total. The smallest absolute Gasteiger partial charge is 0.226 e. The van der Waals surface area contributed by atoms with Crippen molar-refractivity contribution in [3.63, 3.8) is 0 Å². The number of aromatic amines is 1. The molecular formula is C23H21N5O2S. The lowest BCUT2D eigenvalue weighted by Gasteiger charge is -2.25. The van der Waals surface area contributed by atoms with E-state index in [9.17, 15) is 13.7 Å². The Hall–Kier alpha value is -3.18. The number of hydrogen-bond acceptors (Lipinski definition) is 5. The molecule has 3 heterocycles. The van der Waals surface area contributed by atoms with Crippen LogP contribution in [0, 0.1) is 23.2 Å². The third-order valence-electron chi connectivity index (χ3n) is 6.96. The summed E-state index contributed by atoms with van der Waals surface area (Å²) in [5, 5.41) is 10.3. The molecule has 0 aliphatic heterocycles. The average Bonchev–Trinajstić information content (AvgIpc) is 3.56. The van der Waals surface area contributed by atoms with E-state index in [1.54, 1.807) is 36.5 Å². The first kappa shape index (κ1) is 18.6. The molecule has 6 rings (SSSR count). The summed E-state index contributed by atoms with van der Waals surface area (Å²) < 4.78 is 29.3. The van der Waals surface area contributed by atoms with E-state index in [1.807, 2.05) is 6.07 Å². The zero-order chi connectivity index (χ0) is 21.2. The van der Waals surface area contributed by atoms with Crippen LogP contribution in [0.15, 0.2) is 52.5 Å². The largest absolute Gasteiger partial charge is 0.346 e. The van der Waals surface area contributed by atoms with Crippen molar-refractivity contribution in [1.82, 2.24) is 19.5 Å². The fourth-order valence-electron chi connectivity index (χ4n) is 5.66. The molecule has 2 aliphatic carbocycles. The maximum absolute atomic E-state index is 13.5. The van der Waals surface area contributed by atoms with Crippen molar-refractivity contribution in [1.29, 1.82) is 5.26 Å². The van der Waals surface area contributed by atoms with Crippen molar-refractivity contribution in [3.8, 4) is 6.07 Å². The molecule has 7 nitrogen and oxygen atoms in total. The molecule has 4 aromatic rings. The second kappa shape index (κ2) is 6.66. The van der Waals surface area contributed by atoms with Gasteiger partial charge < -0.3 is 9.55 Å². The van der Waals surface area contributed by atoms with Crippen molar-refractivity contribution in [3.05, 3.63) is 48.4 Å². The fourth-order valence-corrected chi connectivity index (χ4v) is 7.01. The number of nitriles is 1. The van der Waals surface area contributed by atoms with Gasteiger partial charge in [-0.2, -0.15) is 5.26 Å². The van der Waals surface area contributed by atoms with Crippen molar-refractivity contribution in [2.75, 3.05) is 0 Å². The second-order valence-electron chi connectivity index (χ2n) is 8.65. The number of fused-ring (bicyclic) bond motifs is 5. The summed E-state index contributed by atoms with van der Waals surface area (Å²) in [6.45, 7) is 0. The number of nitrogens with one attached hydrogen (secondary N) is 1. The predicted molar refractivity (Wildman–Crippen MR) is 115 cm³/mol. The van der Waals surface area contributed by atoms with E-state index in [0.29, 0.717) is 28.8 Å². The van der Waals surface area contributed by atoms with Crippen LogP contribution in [0.25, 0.3) is 22.1 Å². The summed E-state index contributed by atoms with van der Waals surface area (Å²) in [6, 6.07) is 12.7. The summed E-state index contributed by atoms with van der Waals surface area (Å²) in [7, 11) is -3.88. The molecule has 3 aromatic heterocycles. The van der Waals surface area contributed by atoms with Crippen LogP contribution < -0.4 is 0 Å². The minimum absolute atomic E-state index is 0.0512. The maximum Gasteiger partial charge on any atom is 0.226 e. The fraction of sp³-hybridized carbons (Fsp3) is 0.348. The lowest BCUT2D eigenvalue weighted by molar-refractivity contribution is 0.331. The molecule has 31 heavy (non-hydrogen) atoms. The molecule has 2 aliphatic rings. The summed E-state index contributed by atoms with van der Waals surface area (Å²) in [5.74, 6) is 1.89. The first-order valence-electron chi connectivity index (χ1n) is 10.6. The zero-order valence-electron chi connectivity index (χ0n) is 16.8. The first-order chi connectivity index (χ1) is 15.1. The van der Waals surface area contributed by atoms with E-state index in [4.69, 9.17) is 4.98 Å². The lowest BCUT2D eigenvalue weighted by Crippen LogP contribution is -2.18. The Kier molecular flexibility index (Phi) is 3.99. The molecule has 0 saturated heterocycles. The Balaban J connectivity index is 1.69. The molecule has 1 aromatic carbocycles. The van der Waals surface area contributed by atoms with Gasteiger partial charge in [0.2, 0.25) is 9.84 Å². The van der Waals surface area contributed by atoms with Gasteiger partial charge in [0.05, 0.1) is 22.9 Å². The normalized spacial score (nSPS) is 23.0. The molecule has 2 saturated carbocycles. The summed E-state index contributed by atoms with van der Waals surface area (Å²) in [6.07, 6.45) is 6.61. The Morgan fingerprint density at radius 2 is 1.97 bits per heavy atom. The standard InChI is InChI=1S/C23H21N5O2S/c24-10-8-19-26-20-21(28(19)18-13-14-6-7-15(18)12-14)17-9-11-25-22(17)27-23(20)31(29,30)16-4-2-1-3-5-16/h1-5,9,11,14-15,18H,6-8,12-13H2,(H,25,27). The van der Waals surface area contributed by atoms with E-state index in [1.165, 1.54) is 19.3 Å². The van der Waals surface area contributed by atoms with Crippen LogP contribution in [-0.2, 0) is 16.3 Å². The summed E-state index contributed by atoms with van der Waals surface area (Å²) in [5.41, 5.74) is 1.67. The third kappa shape index (κ3) is 2.66. The van der Waals surface area contributed by atoms with Crippen molar-refractivity contribution >= 4 is 31.9 Å². The van der Waals surface area contributed by atoms with Gasteiger partial charge in [-0.3, -0.25) is 0 Å². The van der Waals surface area contributed by atoms with Crippen LogP contribution in [0.1, 0.15) is 37.5 Å². The Bertz CT molecular complexity index is 1460. The molecule has 0 radical (unpaired) electrons. The molecule has 2 bridgehead atoms. The number of nitrogens with zero attached hydrogens (tertiary/aromatic N) is 4. The summed E-state index contributed by atoms with van der Waals surface area (Å²) in [4.78, 5) is 12.5. The summed E-state index contributed by atoms with van der Waals surface area (Å²) >= 11 is 0. The molecule has 0 spiro atoms. The number of rotatable bonds is 4. The van der Waals surface area contributed by atoms with Gasteiger partial charge in [0.1, 0.15) is 17.0 Å².